The first kappa shape index (κ1) is 20.2. The Hall–Kier alpha value is -4.73. The summed E-state index contributed by atoms with van der Waals surface area (Å²) in [5, 5.41) is 7.14. The Kier molecular flexibility index (Phi) is 4.94. The van der Waals surface area contributed by atoms with Crippen molar-refractivity contribution in [3.05, 3.63) is 90.0 Å². The van der Waals surface area contributed by atoms with Crippen LogP contribution < -0.4 is 11.1 Å². The highest BCUT2D eigenvalue weighted by Crippen LogP contribution is 2.22. The number of hydrogen-bond acceptors (Lipinski definition) is 6. The number of rotatable bonds is 6. The van der Waals surface area contributed by atoms with Gasteiger partial charge >= 0.3 is 0 Å². The van der Waals surface area contributed by atoms with Crippen LogP contribution in [0.3, 0.4) is 0 Å². The highest BCUT2D eigenvalue weighted by molar-refractivity contribution is 6.04. The first-order chi connectivity index (χ1) is 16.0. The van der Waals surface area contributed by atoms with Gasteiger partial charge in [0.05, 0.1) is 11.9 Å². The predicted molar refractivity (Wildman–Crippen MR) is 120 cm³/mol. The van der Waals surface area contributed by atoms with E-state index in [-0.39, 0.29) is 17.0 Å². The third-order valence-corrected chi connectivity index (χ3v) is 5.10. The van der Waals surface area contributed by atoms with Crippen molar-refractivity contribution in [1.29, 1.82) is 0 Å². The van der Waals surface area contributed by atoms with Crippen molar-refractivity contribution in [1.82, 2.24) is 24.1 Å². The molecule has 0 radical (unpaired) electrons. The molecule has 5 rings (SSSR count). The zero-order valence-corrected chi connectivity index (χ0v) is 17.6. The molecule has 0 saturated heterocycles. The second-order valence-electron chi connectivity index (χ2n) is 7.38. The topological polar surface area (TPSA) is 133 Å². The second-order valence-corrected chi connectivity index (χ2v) is 7.38. The Morgan fingerprint density at radius 1 is 1.12 bits per heavy atom. The molecule has 0 saturated carbocycles. The van der Waals surface area contributed by atoms with Gasteiger partial charge in [-0.2, -0.15) is 5.10 Å². The molecular weight excluding hydrogens is 422 g/mol. The molecule has 0 fully saturated rings. The van der Waals surface area contributed by atoms with Crippen LogP contribution in [-0.4, -0.2) is 36.0 Å². The molecule has 4 aromatic heterocycles. The van der Waals surface area contributed by atoms with E-state index < -0.39 is 11.8 Å². The number of hydrogen-bond donors (Lipinski definition) is 2. The Morgan fingerprint density at radius 3 is 2.67 bits per heavy atom. The van der Waals surface area contributed by atoms with Gasteiger partial charge in [0.1, 0.15) is 35.9 Å². The van der Waals surface area contributed by atoms with Crippen LogP contribution in [0.2, 0.25) is 0 Å². The number of fused-ring (bicyclic) bond motifs is 1. The molecule has 0 spiro atoms. The lowest BCUT2D eigenvalue weighted by molar-refractivity contribution is 0.0993. The summed E-state index contributed by atoms with van der Waals surface area (Å²) in [7, 11) is 0. The molecule has 33 heavy (non-hydrogen) atoms. The van der Waals surface area contributed by atoms with Crippen LogP contribution in [0.4, 0.5) is 5.82 Å². The standard InChI is InChI=1S/C23H19N7O3/c1-14-7-8-16(33-14)12-30-19(9-10-26-30)28-23(32)18-11-17(15-5-3-2-4-6-15)27-22-20(21(24)31)25-13-29(18)22/h2-11,13H,12H2,1H3,(H2,24,31)(H,28,32). The minimum absolute atomic E-state index is 0.0138. The van der Waals surface area contributed by atoms with E-state index in [1.165, 1.54) is 10.7 Å². The second kappa shape index (κ2) is 8.08. The zero-order chi connectivity index (χ0) is 22.9. The number of carbonyl (C=O) groups is 2. The summed E-state index contributed by atoms with van der Waals surface area (Å²) >= 11 is 0. The monoisotopic (exact) mass is 441 g/mol. The Morgan fingerprint density at radius 2 is 1.94 bits per heavy atom. The molecular formula is C23H19N7O3. The van der Waals surface area contributed by atoms with E-state index in [1.54, 1.807) is 23.0 Å². The van der Waals surface area contributed by atoms with E-state index in [2.05, 4.69) is 20.4 Å². The number of nitrogens with one attached hydrogen (secondary N) is 1. The highest BCUT2D eigenvalue weighted by Gasteiger charge is 2.20. The maximum Gasteiger partial charge on any atom is 0.273 e. The predicted octanol–water partition coefficient (Wildman–Crippen LogP) is 2.89. The largest absolute Gasteiger partial charge is 0.464 e. The van der Waals surface area contributed by atoms with Crippen molar-refractivity contribution in [2.75, 3.05) is 5.32 Å². The van der Waals surface area contributed by atoms with Gasteiger partial charge in [0.2, 0.25) is 0 Å². The summed E-state index contributed by atoms with van der Waals surface area (Å²) in [6.45, 7) is 2.22. The molecule has 164 valence electrons. The molecule has 0 atom stereocenters. The van der Waals surface area contributed by atoms with Gasteiger partial charge in [-0.3, -0.25) is 14.0 Å². The minimum Gasteiger partial charge on any atom is -0.464 e. The molecule has 0 bridgehead atoms. The van der Waals surface area contributed by atoms with Crippen LogP contribution in [0.1, 0.15) is 32.5 Å². The third kappa shape index (κ3) is 3.85. The zero-order valence-electron chi connectivity index (χ0n) is 17.6. The van der Waals surface area contributed by atoms with Crippen LogP contribution >= 0.6 is 0 Å². The number of carbonyl (C=O) groups excluding carboxylic acids is 2. The molecule has 3 N–H and O–H groups in total. The van der Waals surface area contributed by atoms with E-state index in [4.69, 9.17) is 10.2 Å². The van der Waals surface area contributed by atoms with E-state index >= 15 is 0 Å². The number of imidazole rings is 1. The molecule has 10 heteroatoms. The average molecular weight is 441 g/mol. The van der Waals surface area contributed by atoms with Crippen LogP contribution in [0.15, 0.2) is 71.5 Å². The number of furan rings is 1. The number of aromatic nitrogens is 5. The van der Waals surface area contributed by atoms with Crippen molar-refractivity contribution < 1.29 is 14.0 Å². The van der Waals surface area contributed by atoms with Gasteiger partial charge in [-0.15, -0.1) is 0 Å². The number of aryl methyl sites for hydroxylation is 1. The normalized spacial score (nSPS) is 11.1. The summed E-state index contributed by atoms with van der Waals surface area (Å²) < 4.78 is 8.67. The smallest absolute Gasteiger partial charge is 0.273 e. The Labute approximate surface area is 187 Å². The summed E-state index contributed by atoms with van der Waals surface area (Å²) in [6.07, 6.45) is 2.94. The molecule has 0 unspecified atom stereocenters. The Bertz CT molecular complexity index is 1480. The number of amides is 2. The lowest BCUT2D eigenvalue weighted by Crippen LogP contribution is -2.20. The van der Waals surface area contributed by atoms with Crippen LogP contribution in [0.25, 0.3) is 16.9 Å². The fourth-order valence-electron chi connectivity index (χ4n) is 3.54. The van der Waals surface area contributed by atoms with Gasteiger partial charge in [-0.25, -0.2) is 14.6 Å². The molecule has 1 aromatic carbocycles. The van der Waals surface area contributed by atoms with Gasteiger partial charge in [0, 0.05) is 11.6 Å². The fraction of sp³-hybridized carbons (Fsp3) is 0.0870. The van der Waals surface area contributed by atoms with E-state index in [0.717, 1.165) is 11.3 Å². The molecule has 0 aliphatic heterocycles. The first-order valence-corrected chi connectivity index (χ1v) is 10.1. The maximum absolute atomic E-state index is 13.3. The number of primary amides is 1. The lowest BCUT2D eigenvalue weighted by atomic mass is 10.1. The fourth-order valence-corrected chi connectivity index (χ4v) is 3.54. The van der Waals surface area contributed by atoms with Crippen LogP contribution in [-0.2, 0) is 6.54 Å². The van der Waals surface area contributed by atoms with E-state index in [9.17, 15) is 9.59 Å². The molecule has 4 heterocycles. The minimum atomic E-state index is -0.728. The molecule has 0 aliphatic rings. The summed E-state index contributed by atoms with van der Waals surface area (Å²) in [5.74, 6) is 0.833. The van der Waals surface area contributed by atoms with Gasteiger partial charge < -0.3 is 15.5 Å². The molecule has 5 aromatic rings. The van der Waals surface area contributed by atoms with E-state index in [1.807, 2.05) is 49.4 Å². The highest BCUT2D eigenvalue weighted by atomic mass is 16.3. The quantitative estimate of drug-likeness (QED) is 0.416. The van der Waals surface area contributed by atoms with Crippen LogP contribution in [0.5, 0.6) is 0 Å². The average Bonchev–Trinajstić information content (AvgIpc) is 3.54. The van der Waals surface area contributed by atoms with Crippen LogP contribution in [0, 0.1) is 6.92 Å². The first-order valence-electron chi connectivity index (χ1n) is 10.1. The van der Waals surface area contributed by atoms with Gasteiger partial charge in [0.25, 0.3) is 11.8 Å². The summed E-state index contributed by atoms with van der Waals surface area (Å²) in [4.78, 5) is 33.8. The SMILES string of the molecule is Cc1ccc(Cn2nccc2NC(=O)c2cc(-c3ccccc3)nc3c(C(N)=O)ncn23)o1. The Balaban J connectivity index is 1.54. The van der Waals surface area contributed by atoms with Gasteiger partial charge in [0.15, 0.2) is 11.3 Å². The lowest BCUT2D eigenvalue weighted by Gasteiger charge is -2.11. The van der Waals surface area contributed by atoms with Crippen molar-refractivity contribution in [2.45, 2.75) is 13.5 Å². The number of anilines is 1. The van der Waals surface area contributed by atoms with Crippen molar-refractivity contribution >= 4 is 23.3 Å². The maximum atomic E-state index is 13.3. The van der Waals surface area contributed by atoms with Crippen molar-refractivity contribution in [2.24, 2.45) is 5.73 Å². The molecule has 10 nitrogen and oxygen atoms in total. The summed E-state index contributed by atoms with van der Waals surface area (Å²) in [5.41, 5.74) is 7.18. The van der Waals surface area contributed by atoms with Gasteiger partial charge in [-0.05, 0) is 25.1 Å². The summed E-state index contributed by atoms with van der Waals surface area (Å²) in [6, 6.07) is 16.4. The number of nitrogens with zero attached hydrogens (tertiary/aromatic N) is 5. The van der Waals surface area contributed by atoms with Crippen molar-refractivity contribution in [3.63, 3.8) is 0 Å². The molecule has 2 amide bonds. The van der Waals surface area contributed by atoms with Crippen molar-refractivity contribution in [3.8, 4) is 11.3 Å². The third-order valence-electron chi connectivity index (χ3n) is 5.10. The number of nitrogens with two attached hydrogens (primary N) is 1. The number of benzene rings is 1. The molecule has 0 aliphatic carbocycles. The van der Waals surface area contributed by atoms with E-state index in [0.29, 0.717) is 23.8 Å². The van der Waals surface area contributed by atoms with Gasteiger partial charge in [-0.1, -0.05) is 30.3 Å².